The standard InChI is InChI=1S/C11H17ClN2O2/c1-2-14(4-3-5-15)11-10(12)6-9(8-16)7-13-11/h6-7,15-16H,2-5,8H2,1H3. The summed E-state index contributed by atoms with van der Waals surface area (Å²) in [5, 5.41) is 18.3. The van der Waals surface area contributed by atoms with E-state index in [0.29, 0.717) is 22.8 Å². The van der Waals surface area contributed by atoms with Gasteiger partial charge in [-0.1, -0.05) is 11.6 Å². The summed E-state index contributed by atoms with van der Waals surface area (Å²) < 4.78 is 0. The zero-order chi connectivity index (χ0) is 12.0. The van der Waals surface area contributed by atoms with Gasteiger partial charge in [-0.05, 0) is 25.0 Å². The van der Waals surface area contributed by atoms with E-state index >= 15 is 0 Å². The maximum absolute atomic E-state index is 8.94. The second kappa shape index (κ2) is 6.68. The molecule has 1 aromatic heterocycles. The summed E-state index contributed by atoms with van der Waals surface area (Å²) in [6.45, 7) is 3.61. The molecule has 0 amide bonds. The second-order valence-corrected chi connectivity index (χ2v) is 3.87. The third-order valence-electron chi connectivity index (χ3n) is 2.33. The van der Waals surface area contributed by atoms with E-state index < -0.39 is 0 Å². The van der Waals surface area contributed by atoms with Crippen LogP contribution in [0.2, 0.25) is 5.02 Å². The largest absolute Gasteiger partial charge is 0.396 e. The van der Waals surface area contributed by atoms with Crippen LogP contribution in [0.3, 0.4) is 0 Å². The molecule has 4 nitrogen and oxygen atoms in total. The number of nitrogens with zero attached hydrogens (tertiary/aromatic N) is 2. The van der Waals surface area contributed by atoms with Crippen molar-refractivity contribution in [3.63, 3.8) is 0 Å². The number of anilines is 1. The van der Waals surface area contributed by atoms with E-state index in [4.69, 9.17) is 21.8 Å². The maximum Gasteiger partial charge on any atom is 0.147 e. The van der Waals surface area contributed by atoms with Gasteiger partial charge in [0.05, 0.1) is 11.6 Å². The van der Waals surface area contributed by atoms with Crippen molar-refractivity contribution in [3.8, 4) is 0 Å². The van der Waals surface area contributed by atoms with Gasteiger partial charge in [0.25, 0.3) is 0 Å². The summed E-state index contributed by atoms with van der Waals surface area (Å²) in [6.07, 6.45) is 2.30. The van der Waals surface area contributed by atoms with Gasteiger partial charge >= 0.3 is 0 Å². The van der Waals surface area contributed by atoms with E-state index in [9.17, 15) is 0 Å². The van der Waals surface area contributed by atoms with E-state index in [1.54, 1.807) is 12.3 Å². The molecule has 0 aliphatic carbocycles. The molecule has 0 aliphatic rings. The summed E-state index contributed by atoms with van der Waals surface area (Å²) in [5.41, 5.74) is 0.701. The van der Waals surface area contributed by atoms with Crippen LogP contribution in [0.4, 0.5) is 5.82 Å². The van der Waals surface area contributed by atoms with E-state index in [0.717, 1.165) is 13.1 Å². The number of aliphatic hydroxyl groups excluding tert-OH is 2. The Morgan fingerprint density at radius 3 is 2.69 bits per heavy atom. The Morgan fingerprint density at radius 2 is 2.19 bits per heavy atom. The van der Waals surface area contributed by atoms with Crippen molar-refractivity contribution in [1.29, 1.82) is 0 Å². The van der Waals surface area contributed by atoms with Crippen molar-refractivity contribution in [3.05, 3.63) is 22.8 Å². The summed E-state index contributed by atoms with van der Waals surface area (Å²) in [5.74, 6) is 0.704. The molecule has 0 fully saturated rings. The van der Waals surface area contributed by atoms with Gasteiger partial charge < -0.3 is 15.1 Å². The molecule has 0 saturated heterocycles. The predicted octanol–water partition coefficient (Wildman–Crippen LogP) is 1.44. The highest BCUT2D eigenvalue weighted by Crippen LogP contribution is 2.24. The van der Waals surface area contributed by atoms with Crippen molar-refractivity contribution < 1.29 is 10.2 Å². The van der Waals surface area contributed by atoms with E-state index in [2.05, 4.69) is 4.98 Å². The van der Waals surface area contributed by atoms with Crippen LogP contribution in [-0.2, 0) is 6.61 Å². The smallest absolute Gasteiger partial charge is 0.147 e. The highest BCUT2D eigenvalue weighted by molar-refractivity contribution is 6.33. The molecule has 0 aliphatic heterocycles. The van der Waals surface area contributed by atoms with E-state index in [1.165, 1.54) is 0 Å². The third kappa shape index (κ3) is 3.33. The van der Waals surface area contributed by atoms with Crippen LogP contribution in [0.1, 0.15) is 18.9 Å². The fraction of sp³-hybridized carbons (Fsp3) is 0.545. The van der Waals surface area contributed by atoms with Gasteiger partial charge in [-0.2, -0.15) is 0 Å². The molecule has 0 saturated carbocycles. The SMILES string of the molecule is CCN(CCCO)c1ncc(CO)cc1Cl. The Kier molecular flexibility index (Phi) is 5.52. The van der Waals surface area contributed by atoms with Crippen molar-refractivity contribution in [2.45, 2.75) is 20.0 Å². The molecule has 0 bridgehead atoms. The zero-order valence-electron chi connectivity index (χ0n) is 9.36. The average Bonchev–Trinajstić information content (AvgIpc) is 2.31. The van der Waals surface area contributed by atoms with Gasteiger partial charge in [0.2, 0.25) is 0 Å². The molecule has 0 unspecified atom stereocenters. The van der Waals surface area contributed by atoms with Crippen molar-refractivity contribution in [1.82, 2.24) is 4.98 Å². The molecular weight excluding hydrogens is 228 g/mol. The first-order chi connectivity index (χ1) is 7.72. The van der Waals surface area contributed by atoms with Crippen LogP contribution in [0.15, 0.2) is 12.3 Å². The zero-order valence-corrected chi connectivity index (χ0v) is 10.1. The van der Waals surface area contributed by atoms with Crippen LogP contribution < -0.4 is 4.90 Å². The number of hydrogen-bond acceptors (Lipinski definition) is 4. The molecule has 16 heavy (non-hydrogen) atoms. The number of hydrogen-bond donors (Lipinski definition) is 2. The van der Waals surface area contributed by atoms with Crippen molar-refractivity contribution in [2.24, 2.45) is 0 Å². The van der Waals surface area contributed by atoms with Crippen LogP contribution in [0, 0.1) is 0 Å². The minimum absolute atomic E-state index is 0.0598. The highest BCUT2D eigenvalue weighted by atomic mass is 35.5. The van der Waals surface area contributed by atoms with Gasteiger partial charge in [-0.3, -0.25) is 0 Å². The van der Waals surface area contributed by atoms with Crippen molar-refractivity contribution >= 4 is 17.4 Å². The lowest BCUT2D eigenvalue weighted by Gasteiger charge is -2.22. The maximum atomic E-state index is 8.94. The number of aliphatic hydroxyl groups is 2. The molecule has 0 spiro atoms. The molecule has 1 heterocycles. The quantitative estimate of drug-likeness (QED) is 0.795. The second-order valence-electron chi connectivity index (χ2n) is 3.46. The molecule has 0 aromatic carbocycles. The number of pyridine rings is 1. The Labute approximate surface area is 100 Å². The summed E-state index contributed by atoms with van der Waals surface area (Å²) >= 11 is 6.08. The van der Waals surface area contributed by atoms with Crippen LogP contribution >= 0.6 is 11.6 Å². The summed E-state index contributed by atoms with van der Waals surface area (Å²) in [6, 6.07) is 1.71. The lowest BCUT2D eigenvalue weighted by molar-refractivity contribution is 0.281. The van der Waals surface area contributed by atoms with Crippen molar-refractivity contribution in [2.75, 3.05) is 24.6 Å². The normalized spacial score (nSPS) is 10.5. The third-order valence-corrected chi connectivity index (χ3v) is 2.61. The lowest BCUT2D eigenvalue weighted by Crippen LogP contribution is -2.26. The summed E-state index contributed by atoms with van der Waals surface area (Å²) in [4.78, 5) is 6.23. The topological polar surface area (TPSA) is 56.6 Å². The molecule has 90 valence electrons. The first-order valence-electron chi connectivity index (χ1n) is 5.34. The molecule has 5 heteroatoms. The van der Waals surface area contributed by atoms with Gasteiger partial charge in [0.1, 0.15) is 5.82 Å². The molecule has 1 aromatic rings. The number of rotatable bonds is 6. The van der Waals surface area contributed by atoms with Crippen LogP contribution in [-0.4, -0.2) is 34.9 Å². The Morgan fingerprint density at radius 1 is 1.44 bits per heavy atom. The van der Waals surface area contributed by atoms with Crippen LogP contribution in [0.25, 0.3) is 0 Å². The Balaban J connectivity index is 2.83. The molecular formula is C11H17ClN2O2. The molecule has 1 rings (SSSR count). The number of aromatic nitrogens is 1. The minimum Gasteiger partial charge on any atom is -0.396 e. The average molecular weight is 245 g/mol. The Bertz CT molecular complexity index is 334. The van der Waals surface area contributed by atoms with E-state index in [1.807, 2.05) is 11.8 Å². The predicted molar refractivity (Wildman–Crippen MR) is 64.8 cm³/mol. The molecule has 2 N–H and O–H groups in total. The highest BCUT2D eigenvalue weighted by Gasteiger charge is 2.10. The fourth-order valence-electron chi connectivity index (χ4n) is 1.46. The lowest BCUT2D eigenvalue weighted by atomic mass is 10.3. The Hall–Kier alpha value is -0.840. The molecule has 0 radical (unpaired) electrons. The van der Waals surface area contributed by atoms with Gasteiger partial charge in [-0.25, -0.2) is 4.98 Å². The van der Waals surface area contributed by atoms with E-state index in [-0.39, 0.29) is 13.2 Å². The first kappa shape index (κ1) is 13.2. The van der Waals surface area contributed by atoms with Gasteiger partial charge in [0.15, 0.2) is 0 Å². The minimum atomic E-state index is -0.0598. The number of halogens is 1. The fourth-order valence-corrected chi connectivity index (χ4v) is 1.77. The first-order valence-corrected chi connectivity index (χ1v) is 5.71. The van der Waals surface area contributed by atoms with Crippen LogP contribution in [0.5, 0.6) is 0 Å². The molecule has 0 atom stereocenters. The monoisotopic (exact) mass is 244 g/mol. The van der Waals surface area contributed by atoms with Gasteiger partial charge in [-0.15, -0.1) is 0 Å². The summed E-state index contributed by atoms with van der Waals surface area (Å²) in [7, 11) is 0. The van der Waals surface area contributed by atoms with Gasteiger partial charge in [0, 0.05) is 25.9 Å².